The average Bonchev–Trinajstić information content (AvgIpc) is 2.84. The van der Waals surface area contributed by atoms with Gasteiger partial charge < -0.3 is 10.0 Å². The van der Waals surface area contributed by atoms with E-state index in [0.29, 0.717) is 13.1 Å². The highest BCUT2D eigenvalue weighted by molar-refractivity contribution is 5.79. The van der Waals surface area contributed by atoms with Crippen molar-refractivity contribution in [1.82, 2.24) is 9.80 Å². The molecule has 5 nitrogen and oxygen atoms in total. The number of aliphatic hydroxyl groups is 1. The number of carbonyl (C=O) groups excluding carboxylic acids is 1. The topological polar surface area (TPSA) is 67.6 Å². The van der Waals surface area contributed by atoms with Crippen LogP contribution in [0.3, 0.4) is 0 Å². The molecule has 1 aliphatic carbocycles. The zero-order chi connectivity index (χ0) is 13.9. The van der Waals surface area contributed by atoms with E-state index < -0.39 is 5.54 Å². The number of aliphatic hydroxyl groups excluding tert-OH is 1. The molecule has 0 bridgehead atoms. The molecule has 1 N–H and O–H groups in total. The Morgan fingerprint density at radius 1 is 1.47 bits per heavy atom. The molecular weight excluding hydrogens is 242 g/mol. The normalized spacial score (nSPS) is 26.9. The lowest BCUT2D eigenvalue weighted by molar-refractivity contribution is -0.135. The van der Waals surface area contributed by atoms with Gasteiger partial charge in [-0.1, -0.05) is 19.3 Å². The third-order valence-corrected chi connectivity index (χ3v) is 4.51. The molecule has 0 aromatic heterocycles. The highest BCUT2D eigenvalue weighted by Crippen LogP contribution is 2.32. The van der Waals surface area contributed by atoms with Crippen LogP contribution in [-0.2, 0) is 4.79 Å². The molecule has 2 fully saturated rings. The lowest BCUT2D eigenvalue weighted by Gasteiger charge is -2.39. The SMILES string of the molecule is CN(C(=O)CN1CC[C@@H](O)C1)C1(C#N)CCCCC1. The van der Waals surface area contributed by atoms with E-state index in [1.165, 1.54) is 0 Å². The Kier molecular flexibility index (Phi) is 4.43. The minimum Gasteiger partial charge on any atom is -0.392 e. The number of carbonyl (C=O) groups is 1. The summed E-state index contributed by atoms with van der Waals surface area (Å²) in [7, 11) is 1.75. The van der Waals surface area contributed by atoms with Gasteiger partial charge in [-0.2, -0.15) is 5.26 Å². The highest BCUT2D eigenvalue weighted by Gasteiger charge is 2.39. The Morgan fingerprint density at radius 3 is 2.68 bits per heavy atom. The van der Waals surface area contributed by atoms with Crippen LogP contribution < -0.4 is 0 Å². The molecule has 106 valence electrons. The second-order valence-corrected chi connectivity index (χ2v) is 5.83. The molecule has 1 saturated carbocycles. The highest BCUT2D eigenvalue weighted by atomic mass is 16.3. The van der Waals surface area contributed by atoms with E-state index >= 15 is 0 Å². The molecule has 1 heterocycles. The molecule has 0 aromatic carbocycles. The summed E-state index contributed by atoms with van der Waals surface area (Å²) in [4.78, 5) is 15.9. The zero-order valence-electron chi connectivity index (χ0n) is 11.6. The van der Waals surface area contributed by atoms with Crippen molar-refractivity contribution in [3.63, 3.8) is 0 Å². The maximum atomic E-state index is 12.3. The van der Waals surface area contributed by atoms with E-state index in [-0.39, 0.29) is 12.0 Å². The number of β-amino-alcohol motifs (C(OH)–C–C–N with tert-alkyl or cyclic N) is 1. The molecule has 5 heteroatoms. The number of rotatable bonds is 3. The van der Waals surface area contributed by atoms with E-state index in [9.17, 15) is 15.2 Å². The Balaban J connectivity index is 1.95. The predicted molar refractivity (Wildman–Crippen MR) is 71.3 cm³/mol. The van der Waals surface area contributed by atoms with Crippen LogP contribution in [0.15, 0.2) is 0 Å². The van der Waals surface area contributed by atoms with Gasteiger partial charge in [0, 0.05) is 20.1 Å². The van der Waals surface area contributed by atoms with E-state index in [4.69, 9.17) is 0 Å². The van der Waals surface area contributed by atoms with Crippen LogP contribution in [-0.4, -0.2) is 59.1 Å². The summed E-state index contributed by atoms with van der Waals surface area (Å²) in [6, 6.07) is 2.37. The summed E-state index contributed by atoms with van der Waals surface area (Å²) in [6.45, 7) is 1.65. The number of amides is 1. The first-order chi connectivity index (χ1) is 9.07. The van der Waals surface area contributed by atoms with Crippen molar-refractivity contribution in [3.8, 4) is 6.07 Å². The summed E-state index contributed by atoms with van der Waals surface area (Å²) in [5.41, 5.74) is -0.603. The van der Waals surface area contributed by atoms with Crippen LogP contribution >= 0.6 is 0 Å². The van der Waals surface area contributed by atoms with Crippen molar-refractivity contribution in [3.05, 3.63) is 0 Å². The van der Waals surface area contributed by atoms with Gasteiger partial charge in [0.1, 0.15) is 5.54 Å². The fourth-order valence-corrected chi connectivity index (χ4v) is 3.15. The third-order valence-electron chi connectivity index (χ3n) is 4.51. The first-order valence-corrected chi connectivity index (χ1v) is 7.16. The van der Waals surface area contributed by atoms with Crippen LogP contribution in [0.5, 0.6) is 0 Å². The number of likely N-dealkylation sites (tertiary alicyclic amines) is 1. The third kappa shape index (κ3) is 3.07. The number of nitriles is 1. The van der Waals surface area contributed by atoms with Gasteiger partial charge in [0.25, 0.3) is 0 Å². The summed E-state index contributed by atoms with van der Waals surface area (Å²) in [5.74, 6) is -0.00227. The molecule has 0 spiro atoms. The van der Waals surface area contributed by atoms with Crippen molar-refractivity contribution in [1.29, 1.82) is 5.26 Å². The first-order valence-electron chi connectivity index (χ1n) is 7.16. The van der Waals surface area contributed by atoms with E-state index in [0.717, 1.165) is 45.1 Å². The molecular formula is C14H23N3O2. The zero-order valence-corrected chi connectivity index (χ0v) is 11.6. The van der Waals surface area contributed by atoms with Crippen LogP contribution in [0.1, 0.15) is 38.5 Å². The monoisotopic (exact) mass is 265 g/mol. The summed E-state index contributed by atoms with van der Waals surface area (Å²) in [6.07, 6.45) is 5.20. The van der Waals surface area contributed by atoms with Gasteiger partial charge in [0.2, 0.25) is 5.91 Å². The van der Waals surface area contributed by atoms with Gasteiger partial charge in [0.15, 0.2) is 0 Å². The Hall–Kier alpha value is -1.12. The lowest BCUT2D eigenvalue weighted by Crippen LogP contribution is -2.52. The predicted octanol–water partition coefficient (Wildman–Crippen LogP) is 0.738. The Morgan fingerprint density at radius 2 is 2.16 bits per heavy atom. The molecule has 2 aliphatic rings. The maximum absolute atomic E-state index is 12.3. The van der Waals surface area contributed by atoms with Crippen LogP contribution in [0.4, 0.5) is 0 Å². The van der Waals surface area contributed by atoms with Gasteiger partial charge in [-0.25, -0.2) is 0 Å². The van der Waals surface area contributed by atoms with Crippen molar-refractivity contribution < 1.29 is 9.90 Å². The van der Waals surface area contributed by atoms with Crippen LogP contribution in [0.25, 0.3) is 0 Å². The molecule has 1 atom stereocenters. The first kappa shape index (κ1) is 14.3. The molecule has 1 saturated heterocycles. The average molecular weight is 265 g/mol. The second kappa shape index (κ2) is 5.89. The Bertz CT molecular complexity index is 371. The number of hydrogen-bond donors (Lipinski definition) is 1. The van der Waals surface area contributed by atoms with Crippen molar-refractivity contribution in [2.45, 2.75) is 50.2 Å². The fraction of sp³-hybridized carbons (Fsp3) is 0.857. The number of likely N-dealkylation sites (N-methyl/N-ethyl adjacent to an activating group) is 1. The van der Waals surface area contributed by atoms with Gasteiger partial charge >= 0.3 is 0 Å². The molecule has 2 rings (SSSR count). The lowest BCUT2D eigenvalue weighted by atomic mass is 9.81. The minimum absolute atomic E-state index is 0.00227. The van der Waals surface area contributed by atoms with E-state index in [1.807, 2.05) is 4.90 Å². The largest absolute Gasteiger partial charge is 0.392 e. The van der Waals surface area contributed by atoms with Crippen molar-refractivity contribution >= 4 is 5.91 Å². The second-order valence-electron chi connectivity index (χ2n) is 5.83. The molecule has 0 unspecified atom stereocenters. The van der Waals surface area contributed by atoms with Crippen molar-refractivity contribution in [2.75, 3.05) is 26.7 Å². The smallest absolute Gasteiger partial charge is 0.237 e. The quantitative estimate of drug-likeness (QED) is 0.817. The number of nitrogens with zero attached hydrogens (tertiary/aromatic N) is 3. The standard InChI is InChI=1S/C14H23N3O2/c1-16(14(11-15)6-3-2-4-7-14)13(19)10-17-8-5-12(18)9-17/h12,18H,2-10H2,1H3/t12-/m1/s1. The van der Waals surface area contributed by atoms with Crippen LogP contribution in [0.2, 0.25) is 0 Å². The molecule has 0 aromatic rings. The van der Waals surface area contributed by atoms with Crippen molar-refractivity contribution in [2.24, 2.45) is 0 Å². The fourth-order valence-electron chi connectivity index (χ4n) is 3.15. The molecule has 0 radical (unpaired) electrons. The van der Waals surface area contributed by atoms with Gasteiger partial charge in [-0.3, -0.25) is 9.69 Å². The Labute approximate surface area is 114 Å². The van der Waals surface area contributed by atoms with Gasteiger partial charge in [-0.15, -0.1) is 0 Å². The molecule has 1 amide bonds. The molecule has 1 aliphatic heterocycles. The van der Waals surface area contributed by atoms with Gasteiger partial charge in [-0.05, 0) is 19.3 Å². The maximum Gasteiger partial charge on any atom is 0.237 e. The molecule has 19 heavy (non-hydrogen) atoms. The van der Waals surface area contributed by atoms with Crippen LogP contribution in [0, 0.1) is 11.3 Å². The summed E-state index contributed by atoms with van der Waals surface area (Å²) >= 11 is 0. The summed E-state index contributed by atoms with van der Waals surface area (Å²) in [5, 5.41) is 18.9. The van der Waals surface area contributed by atoms with E-state index in [1.54, 1.807) is 11.9 Å². The van der Waals surface area contributed by atoms with Gasteiger partial charge in [0.05, 0.1) is 18.7 Å². The summed E-state index contributed by atoms with van der Waals surface area (Å²) < 4.78 is 0. The minimum atomic E-state index is -0.603. The van der Waals surface area contributed by atoms with E-state index in [2.05, 4.69) is 6.07 Å². The number of hydrogen-bond acceptors (Lipinski definition) is 4.